The van der Waals surface area contributed by atoms with Gasteiger partial charge in [0.25, 0.3) is 5.56 Å². The Morgan fingerprint density at radius 3 is 2.65 bits per heavy atom. The number of halogens is 1. The van der Waals surface area contributed by atoms with Gasteiger partial charge in [-0.15, -0.1) is 0 Å². The van der Waals surface area contributed by atoms with E-state index >= 15 is 0 Å². The largest absolute Gasteiger partial charge is 0.355 e. The van der Waals surface area contributed by atoms with E-state index in [9.17, 15) is 9.59 Å². The molecule has 0 bridgehead atoms. The van der Waals surface area contributed by atoms with Crippen LogP contribution in [0, 0.1) is 12.8 Å². The van der Waals surface area contributed by atoms with Gasteiger partial charge in [-0.05, 0) is 49.9 Å². The Bertz CT molecular complexity index is 836. The summed E-state index contributed by atoms with van der Waals surface area (Å²) in [6.45, 7) is 8.63. The van der Waals surface area contributed by atoms with E-state index in [0.29, 0.717) is 28.2 Å². The fourth-order valence-corrected chi connectivity index (χ4v) is 3.22. The predicted octanol–water partition coefficient (Wildman–Crippen LogP) is 3.84. The van der Waals surface area contributed by atoms with Crippen molar-refractivity contribution < 1.29 is 4.79 Å². The summed E-state index contributed by atoms with van der Waals surface area (Å²) in [6.07, 6.45) is 0.945. The second-order valence-corrected chi connectivity index (χ2v) is 8.36. The molecule has 0 fully saturated rings. The van der Waals surface area contributed by atoms with Crippen molar-refractivity contribution in [2.75, 3.05) is 6.54 Å². The third kappa shape index (κ3) is 5.61. The molecule has 0 saturated heterocycles. The minimum atomic E-state index is -0.303. The summed E-state index contributed by atoms with van der Waals surface area (Å²) < 4.78 is 1.30. The molecule has 1 aromatic carbocycles. The Kier molecular flexibility index (Phi) is 7.29. The minimum absolute atomic E-state index is 0.0337. The summed E-state index contributed by atoms with van der Waals surface area (Å²) in [7, 11) is 0. The molecule has 140 valence electrons. The number of aromatic nitrogens is 2. The van der Waals surface area contributed by atoms with E-state index in [2.05, 4.69) is 24.3 Å². The zero-order valence-electron chi connectivity index (χ0n) is 15.5. The van der Waals surface area contributed by atoms with Crippen molar-refractivity contribution in [3.63, 3.8) is 0 Å². The summed E-state index contributed by atoms with van der Waals surface area (Å²) in [5, 5.41) is 8.18. The van der Waals surface area contributed by atoms with Gasteiger partial charge in [-0.2, -0.15) is 9.78 Å². The maximum absolute atomic E-state index is 12.2. The van der Waals surface area contributed by atoms with Crippen molar-refractivity contribution in [1.82, 2.24) is 15.1 Å². The average Bonchev–Trinajstić information content (AvgIpc) is 2.58. The third-order valence-corrected chi connectivity index (χ3v) is 5.30. The van der Waals surface area contributed by atoms with E-state index in [4.69, 9.17) is 11.6 Å². The average molecular weight is 394 g/mol. The number of carbonyl (C=O) groups excluding carboxylic acids is 1. The number of amides is 1. The fraction of sp³-hybridized carbons (Fsp3) is 0.421. The molecule has 1 heterocycles. The van der Waals surface area contributed by atoms with Crippen LogP contribution in [0.1, 0.15) is 32.8 Å². The topological polar surface area (TPSA) is 64.0 Å². The Labute approximate surface area is 163 Å². The molecule has 1 amide bonds. The minimum Gasteiger partial charge on any atom is -0.355 e. The smallest absolute Gasteiger partial charge is 0.271 e. The van der Waals surface area contributed by atoms with Crippen LogP contribution in [0.15, 0.2) is 40.2 Å². The Balaban J connectivity index is 2.12. The number of carbonyl (C=O) groups is 1. The number of hydrogen-bond acceptors (Lipinski definition) is 4. The van der Waals surface area contributed by atoms with Gasteiger partial charge in [0.15, 0.2) is 0 Å². The van der Waals surface area contributed by atoms with Gasteiger partial charge in [-0.3, -0.25) is 9.59 Å². The molecule has 0 saturated carbocycles. The van der Waals surface area contributed by atoms with Crippen molar-refractivity contribution in [3.8, 4) is 5.69 Å². The van der Waals surface area contributed by atoms with Gasteiger partial charge in [0, 0.05) is 17.6 Å². The van der Waals surface area contributed by atoms with E-state index in [0.717, 1.165) is 12.0 Å². The van der Waals surface area contributed by atoms with Crippen LogP contribution in [0.2, 0.25) is 5.02 Å². The van der Waals surface area contributed by atoms with Crippen LogP contribution in [0.4, 0.5) is 0 Å². The van der Waals surface area contributed by atoms with Crippen molar-refractivity contribution in [2.24, 2.45) is 5.92 Å². The zero-order chi connectivity index (χ0) is 19.3. The normalized spacial score (nSPS) is 12.2. The number of nitrogens with zero attached hydrogens (tertiary/aromatic N) is 2. The highest BCUT2D eigenvalue weighted by molar-refractivity contribution is 8.00. The van der Waals surface area contributed by atoms with Crippen molar-refractivity contribution in [2.45, 2.75) is 44.4 Å². The maximum atomic E-state index is 12.2. The van der Waals surface area contributed by atoms with E-state index in [1.807, 2.05) is 19.9 Å². The summed E-state index contributed by atoms with van der Waals surface area (Å²) >= 11 is 7.47. The van der Waals surface area contributed by atoms with Gasteiger partial charge in [0.05, 0.1) is 10.9 Å². The predicted molar refractivity (Wildman–Crippen MR) is 107 cm³/mol. The zero-order valence-corrected chi connectivity index (χ0v) is 17.0. The standard InChI is InChI=1S/C19H24ClN3O2S/c1-12(2)9-10-21-19(25)14(4)26-17-7-8-18(24)23(22-17)15-6-5-13(3)16(20)11-15/h5-8,11-12,14H,9-10H2,1-4H3,(H,21,25)/t14-/m0/s1. The van der Waals surface area contributed by atoms with E-state index in [1.54, 1.807) is 18.2 Å². The third-order valence-electron chi connectivity index (χ3n) is 3.86. The second kappa shape index (κ2) is 9.24. The molecule has 1 N–H and O–H groups in total. The highest BCUT2D eigenvalue weighted by Crippen LogP contribution is 2.22. The first-order valence-electron chi connectivity index (χ1n) is 8.59. The van der Waals surface area contributed by atoms with Crippen molar-refractivity contribution in [3.05, 3.63) is 51.3 Å². The number of hydrogen-bond donors (Lipinski definition) is 1. The molecule has 0 unspecified atom stereocenters. The van der Waals surface area contributed by atoms with Crippen LogP contribution in [-0.4, -0.2) is 27.5 Å². The molecule has 26 heavy (non-hydrogen) atoms. The summed E-state index contributed by atoms with van der Waals surface area (Å²) in [5.74, 6) is 0.512. The van der Waals surface area contributed by atoms with Gasteiger partial charge in [0.1, 0.15) is 5.03 Å². The number of rotatable bonds is 7. The Hall–Kier alpha value is -1.79. The number of aryl methyl sites for hydroxylation is 1. The molecule has 1 atom stereocenters. The molecular weight excluding hydrogens is 370 g/mol. The van der Waals surface area contributed by atoms with Gasteiger partial charge in [0.2, 0.25) is 5.91 Å². The van der Waals surface area contributed by atoms with Crippen molar-refractivity contribution in [1.29, 1.82) is 0 Å². The molecule has 0 aliphatic rings. The Morgan fingerprint density at radius 1 is 1.27 bits per heavy atom. The van der Waals surface area contributed by atoms with Crippen LogP contribution >= 0.6 is 23.4 Å². The first-order valence-corrected chi connectivity index (χ1v) is 9.85. The first-order chi connectivity index (χ1) is 12.3. The molecule has 2 rings (SSSR count). The van der Waals surface area contributed by atoms with Crippen LogP contribution in [0.3, 0.4) is 0 Å². The molecule has 2 aromatic rings. The molecule has 1 aromatic heterocycles. The number of benzene rings is 1. The molecule has 0 aliphatic heterocycles. The lowest BCUT2D eigenvalue weighted by atomic mass is 10.1. The lowest BCUT2D eigenvalue weighted by Gasteiger charge is -2.13. The summed E-state index contributed by atoms with van der Waals surface area (Å²) in [4.78, 5) is 24.3. The fourth-order valence-electron chi connectivity index (χ4n) is 2.22. The first kappa shape index (κ1) is 20.5. The number of thioether (sulfide) groups is 1. The van der Waals surface area contributed by atoms with E-state index < -0.39 is 0 Å². The highest BCUT2D eigenvalue weighted by Gasteiger charge is 2.16. The quantitative estimate of drug-likeness (QED) is 0.726. The van der Waals surface area contributed by atoms with Gasteiger partial charge < -0.3 is 5.32 Å². The van der Waals surface area contributed by atoms with Gasteiger partial charge >= 0.3 is 0 Å². The van der Waals surface area contributed by atoms with E-state index in [1.165, 1.54) is 22.5 Å². The van der Waals surface area contributed by atoms with Crippen LogP contribution in [-0.2, 0) is 4.79 Å². The monoisotopic (exact) mass is 393 g/mol. The maximum Gasteiger partial charge on any atom is 0.271 e. The van der Waals surface area contributed by atoms with Gasteiger partial charge in [-0.1, -0.05) is 43.3 Å². The highest BCUT2D eigenvalue weighted by atomic mass is 35.5. The second-order valence-electron chi connectivity index (χ2n) is 6.59. The Morgan fingerprint density at radius 2 is 2.00 bits per heavy atom. The number of nitrogens with one attached hydrogen (secondary N) is 1. The van der Waals surface area contributed by atoms with E-state index in [-0.39, 0.29) is 16.7 Å². The van der Waals surface area contributed by atoms with Crippen molar-refractivity contribution >= 4 is 29.3 Å². The molecule has 0 spiro atoms. The molecule has 5 nitrogen and oxygen atoms in total. The molecule has 0 aliphatic carbocycles. The molecule has 7 heteroatoms. The lowest BCUT2D eigenvalue weighted by Crippen LogP contribution is -2.32. The van der Waals surface area contributed by atoms with Gasteiger partial charge in [-0.25, -0.2) is 0 Å². The van der Waals surface area contributed by atoms with Crippen LogP contribution in [0.25, 0.3) is 5.69 Å². The van der Waals surface area contributed by atoms with Crippen LogP contribution in [0.5, 0.6) is 0 Å². The summed E-state index contributed by atoms with van der Waals surface area (Å²) in [6, 6.07) is 8.44. The SMILES string of the molecule is Cc1ccc(-n2nc(S[C@@H](C)C(=O)NCCC(C)C)ccc2=O)cc1Cl. The molecule has 0 radical (unpaired) electrons. The molecular formula is C19H24ClN3O2S. The summed E-state index contributed by atoms with van der Waals surface area (Å²) in [5.41, 5.74) is 1.28. The van der Waals surface area contributed by atoms with Crippen LogP contribution < -0.4 is 10.9 Å². The lowest BCUT2D eigenvalue weighted by molar-refractivity contribution is -0.120.